The number of hydrogen-bond donors (Lipinski definition) is 2. The second-order valence-corrected chi connectivity index (χ2v) is 21.2. The van der Waals surface area contributed by atoms with Gasteiger partial charge in [0.25, 0.3) is 0 Å². The zero-order chi connectivity index (χ0) is 29.6. The highest BCUT2D eigenvalue weighted by atomic mass is 35.5. The van der Waals surface area contributed by atoms with E-state index in [2.05, 4.69) is 31.8 Å². The highest BCUT2D eigenvalue weighted by molar-refractivity contribution is 7.92. The van der Waals surface area contributed by atoms with Crippen LogP contribution in [0.3, 0.4) is 0 Å². The van der Waals surface area contributed by atoms with Gasteiger partial charge >= 0.3 is 6.01 Å². The molecule has 4 atom stereocenters. The van der Waals surface area contributed by atoms with E-state index in [-0.39, 0.29) is 26.0 Å². The van der Waals surface area contributed by atoms with Gasteiger partial charge in [-0.1, -0.05) is 55.5 Å². The number of rotatable bonds is 9. The summed E-state index contributed by atoms with van der Waals surface area (Å²) < 4.78 is 45.7. The Morgan fingerprint density at radius 2 is 1.83 bits per heavy atom. The second-order valence-electron chi connectivity index (χ2n) is 12.8. The fourth-order valence-electron chi connectivity index (χ4n) is 5.79. The van der Waals surface area contributed by atoms with E-state index < -0.39 is 36.1 Å². The number of imidazole rings is 1. The number of halogens is 1. The first-order valence-corrected chi connectivity index (χ1v) is 20.5. The molecule has 0 saturated carbocycles. The Hall–Kier alpha value is -2.06. The van der Waals surface area contributed by atoms with Crippen LogP contribution in [0.1, 0.15) is 24.3 Å². The van der Waals surface area contributed by atoms with E-state index in [0.29, 0.717) is 51.9 Å². The third-order valence-corrected chi connectivity index (χ3v) is 12.1. The molecule has 42 heavy (non-hydrogen) atoms. The van der Waals surface area contributed by atoms with Crippen LogP contribution in [-0.2, 0) is 30.7 Å². The van der Waals surface area contributed by atoms with Crippen molar-refractivity contribution in [1.29, 1.82) is 4.78 Å². The first-order valence-electron chi connectivity index (χ1n) is 14.5. The number of nitrogens with zero attached hydrogens (tertiary/aromatic N) is 3. The number of pyridine rings is 1. The van der Waals surface area contributed by atoms with Crippen molar-refractivity contribution in [1.82, 2.24) is 14.5 Å². The van der Waals surface area contributed by atoms with Crippen LogP contribution in [-0.4, -0.2) is 87.7 Å². The summed E-state index contributed by atoms with van der Waals surface area (Å²) in [4.78, 5) is 9.60. The smallest absolute Gasteiger partial charge is 0.301 e. The van der Waals surface area contributed by atoms with Gasteiger partial charge < -0.3 is 24.1 Å². The average Bonchev–Trinajstić information content (AvgIpc) is 3.61. The fourth-order valence-corrected chi connectivity index (χ4v) is 8.34. The van der Waals surface area contributed by atoms with Crippen molar-refractivity contribution in [3.05, 3.63) is 40.9 Å². The maximum Gasteiger partial charge on any atom is 0.301 e. The van der Waals surface area contributed by atoms with Crippen molar-refractivity contribution in [2.24, 2.45) is 0 Å². The topological polar surface area (TPSA) is 129 Å². The van der Waals surface area contributed by atoms with Gasteiger partial charge in [0.05, 0.1) is 29.4 Å². The molecule has 3 fully saturated rings. The first kappa shape index (κ1) is 30.0. The molecule has 0 aliphatic carbocycles. The number of hydrogen-bond acceptors (Lipinski definition) is 9. The van der Waals surface area contributed by atoms with E-state index >= 15 is 0 Å². The van der Waals surface area contributed by atoms with Crippen LogP contribution < -0.4 is 4.74 Å². The van der Waals surface area contributed by atoms with Crippen molar-refractivity contribution in [2.75, 3.05) is 31.3 Å². The maximum atomic E-state index is 12.1. The Labute approximate surface area is 252 Å². The molecule has 0 bridgehead atoms. The normalized spacial score (nSPS) is 29.7. The predicted molar refractivity (Wildman–Crippen MR) is 165 cm³/mol. The van der Waals surface area contributed by atoms with Gasteiger partial charge in [-0.25, -0.2) is 9.19 Å². The molecule has 0 radical (unpaired) electrons. The van der Waals surface area contributed by atoms with Gasteiger partial charge in [-0.05, 0) is 36.4 Å². The van der Waals surface area contributed by atoms with Crippen LogP contribution in [0.4, 0.5) is 0 Å². The van der Waals surface area contributed by atoms with Crippen molar-refractivity contribution in [3.63, 3.8) is 0 Å². The van der Waals surface area contributed by atoms with Crippen LogP contribution in [0, 0.1) is 4.78 Å². The van der Waals surface area contributed by atoms with Gasteiger partial charge in [0.1, 0.15) is 25.0 Å². The molecule has 3 aliphatic rings. The lowest BCUT2D eigenvalue weighted by atomic mass is 9.92. The van der Waals surface area contributed by atoms with Crippen LogP contribution in [0.5, 0.6) is 6.01 Å². The van der Waals surface area contributed by atoms with Gasteiger partial charge in [0.15, 0.2) is 11.8 Å². The number of ether oxygens (including phenoxy) is 4. The minimum absolute atomic E-state index is 0.218. The molecule has 3 saturated heterocycles. The van der Waals surface area contributed by atoms with Crippen LogP contribution in [0.2, 0.25) is 30.7 Å². The third-order valence-electron chi connectivity index (χ3n) is 8.36. The molecule has 0 amide bonds. The number of aliphatic hydroxyl groups is 1. The van der Waals surface area contributed by atoms with Crippen LogP contribution >= 0.6 is 11.6 Å². The summed E-state index contributed by atoms with van der Waals surface area (Å²) in [6.45, 7) is 8.31. The van der Waals surface area contributed by atoms with Crippen LogP contribution in [0.15, 0.2) is 30.3 Å². The Bertz CT molecular complexity index is 1530. The molecule has 1 aromatic carbocycles. The first-order chi connectivity index (χ1) is 20.0. The van der Waals surface area contributed by atoms with E-state index in [1.54, 1.807) is 0 Å². The molecule has 5 heterocycles. The van der Waals surface area contributed by atoms with Gasteiger partial charge in [-0.15, -0.1) is 0 Å². The standard InChI is InChI=1S/C29H39ClN4O6SSi/c1-42(2,3)13-10-37-17-34-22-14-21(30)25(20-6-4-18(5-7-20)19-8-11-41(31,36)12-9-19)32-28(22)33-29(34)40-24-16-39-26-23(35)15-38-27(24)26/h4-7,14,19,23-24,26-27,31,35H,8-13,15-17H2,1-3H3/t19?,23-,24-,26-,27-,41?/m1/s1. The lowest BCUT2D eigenvalue weighted by Crippen LogP contribution is -2.35. The van der Waals surface area contributed by atoms with E-state index in [4.69, 9.17) is 45.3 Å². The Morgan fingerprint density at radius 1 is 1.12 bits per heavy atom. The zero-order valence-electron chi connectivity index (χ0n) is 24.3. The monoisotopic (exact) mass is 634 g/mol. The summed E-state index contributed by atoms with van der Waals surface area (Å²) in [6.07, 6.45) is -0.333. The second kappa shape index (κ2) is 11.8. The third kappa shape index (κ3) is 6.40. The maximum absolute atomic E-state index is 12.1. The number of benzene rings is 1. The van der Waals surface area contributed by atoms with E-state index in [0.717, 1.165) is 24.4 Å². The minimum atomic E-state index is -2.41. The van der Waals surface area contributed by atoms with Crippen molar-refractivity contribution < 1.29 is 28.3 Å². The largest absolute Gasteiger partial charge is 0.456 e. The highest BCUT2D eigenvalue weighted by Crippen LogP contribution is 2.35. The Kier molecular flexibility index (Phi) is 8.42. The summed E-state index contributed by atoms with van der Waals surface area (Å²) in [6, 6.07) is 11.4. The molecular formula is C29H39ClN4O6SSi. The van der Waals surface area contributed by atoms with E-state index in [1.165, 1.54) is 5.56 Å². The zero-order valence-corrected chi connectivity index (χ0v) is 26.8. The summed E-state index contributed by atoms with van der Waals surface area (Å²) in [5.41, 5.74) is 3.86. The number of aliphatic hydroxyl groups excluding tert-OH is 1. The quantitative estimate of drug-likeness (QED) is 0.251. The molecule has 2 aromatic heterocycles. The molecule has 6 rings (SSSR count). The number of aromatic nitrogens is 3. The summed E-state index contributed by atoms with van der Waals surface area (Å²) in [7, 11) is -3.68. The molecule has 2 N–H and O–H groups in total. The lowest BCUT2D eigenvalue weighted by molar-refractivity contribution is 0.00339. The summed E-state index contributed by atoms with van der Waals surface area (Å²) in [5.74, 6) is 1.23. The molecular weight excluding hydrogens is 596 g/mol. The van der Waals surface area contributed by atoms with Gasteiger partial charge in [-0.3, -0.25) is 9.35 Å². The molecule has 228 valence electrons. The van der Waals surface area contributed by atoms with E-state index in [9.17, 15) is 9.32 Å². The number of fused-ring (bicyclic) bond motifs is 2. The predicted octanol–water partition coefficient (Wildman–Crippen LogP) is 4.89. The molecule has 3 aromatic rings. The molecule has 0 unspecified atom stereocenters. The SMILES string of the molecule is C[Si](C)(C)CCOCn1c(O[C@@H]2CO[C@H]3[C@@H]2OC[C@H]3O)nc2nc(-c3ccc(C4CCS(=N)(=O)CC4)cc3)c(Cl)cc21. The van der Waals surface area contributed by atoms with Gasteiger partial charge in [0, 0.05) is 41.5 Å². The van der Waals surface area contributed by atoms with Crippen molar-refractivity contribution >= 4 is 40.6 Å². The molecule has 13 heteroatoms. The molecule has 3 aliphatic heterocycles. The van der Waals surface area contributed by atoms with E-state index in [1.807, 2.05) is 22.8 Å². The Balaban J connectivity index is 1.27. The van der Waals surface area contributed by atoms with Crippen LogP contribution in [0.25, 0.3) is 22.4 Å². The lowest BCUT2D eigenvalue weighted by Gasteiger charge is -2.24. The minimum Gasteiger partial charge on any atom is -0.456 e. The van der Waals surface area contributed by atoms with Crippen molar-refractivity contribution in [2.45, 2.75) is 75.6 Å². The number of nitrogens with one attached hydrogen (secondary N) is 1. The molecule has 0 spiro atoms. The highest BCUT2D eigenvalue weighted by Gasteiger charge is 2.49. The molecule has 10 nitrogen and oxygen atoms in total. The Morgan fingerprint density at radius 3 is 2.55 bits per heavy atom. The van der Waals surface area contributed by atoms with Crippen molar-refractivity contribution in [3.8, 4) is 17.3 Å². The summed E-state index contributed by atoms with van der Waals surface area (Å²) in [5, 5.41) is 10.6. The van der Waals surface area contributed by atoms with Gasteiger partial charge in [-0.2, -0.15) is 4.98 Å². The average molecular weight is 635 g/mol. The fraction of sp³-hybridized carbons (Fsp3) is 0.586. The summed E-state index contributed by atoms with van der Waals surface area (Å²) >= 11 is 6.82. The van der Waals surface area contributed by atoms with Gasteiger partial charge in [0.2, 0.25) is 0 Å².